The number of pyridine rings is 2. The minimum atomic E-state index is 0.686. The molecule has 0 N–H and O–H groups in total. The second kappa shape index (κ2) is 9.09. The van der Waals surface area contributed by atoms with Crippen LogP contribution in [-0.4, -0.2) is 9.97 Å². The van der Waals surface area contributed by atoms with Gasteiger partial charge in [0.1, 0.15) is 5.58 Å². The lowest BCUT2D eigenvalue weighted by atomic mass is 9.94. The minimum absolute atomic E-state index is 0.686. The molecule has 0 bridgehead atoms. The van der Waals surface area contributed by atoms with E-state index in [1.807, 2.05) is 12.3 Å². The molecule has 0 aliphatic heterocycles. The summed E-state index contributed by atoms with van der Waals surface area (Å²) in [7, 11) is 0. The molecule has 6 aromatic rings. The zero-order valence-electron chi connectivity index (χ0n) is 20.9. The number of hydrogen-bond acceptors (Lipinski definition) is 3. The van der Waals surface area contributed by atoms with Crippen molar-refractivity contribution in [2.24, 2.45) is 0 Å². The summed E-state index contributed by atoms with van der Waals surface area (Å²) in [6.07, 6.45) is 3.81. The van der Waals surface area contributed by atoms with E-state index in [4.69, 9.17) is 14.4 Å². The van der Waals surface area contributed by atoms with Crippen molar-refractivity contribution in [2.75, 3.05) is 0 Å². The summed E-state index contributed by atoms with van der Waals surface area (Å²) in [5, 5.41) is 2.11. The molecule has 6 rings (SSSR count). The van der Waals surface area contributed by atoms with E-state index in [-0.39, 0.29) is 0 Å². The SMILES string of the molecule is Cc1cc(C)c(-c2ccc(-c3cccc4c3oc3nc(CCc5ccccc5)ccc34)nc2)c(C)c1. The van der Waals surface area contributed by atoms with Gasteiger partial charge in [-0.3, -0.25) is 4.98 Å². The topological polar surface area (TPSA) is 38.9 Å². The molecule has 176 valence electrons. The number of para-hydroxylation sites is 1. The number of furan rings is 1. The number of nitrogens with zero attached hydrogens (tertiary/aromatic N) is 2. The molecule has 0 spiro atoms. The van der Waals surface area contributed by atoms with Crippen molar-refractivity contribution in [3.05, 3.63) is 119 Å². The van der Waals surface area contributed by atoms with Crippen LogP contribution in [0.5, 0.6) is 0 Å². The Kier molecular flexibility index (Phi) is 5.61. The van der Waals surface area contributed by atoms with Gasteiger partial charge in [0.05, 0.1) is 5.69 Å². The lowest BCUT2D eigenvalue weighted by Crippen LogP contribution is -1.93. The van der Waals surface area contributed by atoms with E-state index in [2.05, 4.69) is 99.6 Å². The van der Waals surface area contributed by atoms with Gasteiger partial charge in [-0.05, 0) is 80.1 Å². The van der Waals surface area contributed by atoms with Gasteiger partial charge in [0.2, 0.25) is 5.71 Å². The van der Waals surface area contributed by atoms with Crippen LogP contribution in [0.15, 0.2) is 95.5 Å². The van der Waals surface area contributed by atoms with Crippen LogP contribution in [0.3, 0.4) is 0 Å². The molecule has 3 heterocycles. The van der Waals surface area contributed by atoms with Crippen LogP contribution in [0.2, 0.25) is 0 Å². The van der Waals surface area contributed by atoms with Crippen LogP contribution in [0.1, 0.15) is 27.9 Å². The van der Waals surface area contributed by atoms with E-state index in [1.54, 1.807) is 0 Å². The Morgan fingerprint density at radius 1 is 0.722 bits per heavy atom. The predicted octanol–water partition coefficient (Wildman–Crippen LogP) is 8.42. The maximum absolute atomic E-state index is 6.35. The van der Waals surface area contributed by atoms with E-state index >= 15 is 0 Å². The molecule has 0 unspecified atom stereocenters. The zero-order chi connectivity index (χ0) is 24.6. The Morgan fingerprint density at radius 2 is 1.53 bits per heavy atom. The molecule has 0 atom stereocenters. The number of fused-ring (bicyclic) bond motifs is 3. The standard InChI is InChI=1S/C33H28N2O/c1-21-18-22(2)31(23(3)19-21)25-13-17-30(34-20-25)29-11-7-10-27-28-16-15-26(35-33(28)36-32(27)29)14-12-24-8-5-4-6-9-24/h4-11,13,15-20H,12,14H2,1-3H3. The van der Waals surface area contributed by atoms with E-state index in [0.717, 1.165) is 51.7 Å². The lowest BCUT2D eigenvalue weighted by Gasteiger charge is -2.12. The second-order valence-corrected chi connectivity index (χ2v) is 9.63. The van der Waals surface area contributed by atoms with Gasteiger partial charge in [-0.15, -0.1) is 0 Å². The maximum Gasteiger partial charge on any atom is 0.227 e. The van der Waals surface area contributed by atoms with Gasteiger partial charge in [-0.1, -0.05) is 66.2 Å². The summed E-state index contributed by atoms with van der Waals surface area (Å²) in [6.45, 7) is 6.47. The molecule has 0 aliphatic carbocycles. The predicted molar refractivity (Wildman–Crippen MR) is 148 cm³/mol. The number of aryl methyl sites for hydroxylation is 5. The number of hydrogen-bond donors (Lipinski definition) is 0. The summed E-state index contributed by atoms with van der Waals surface area (Å²) in [4.78, 5) is 9.71. The fourth-order valence-electron chi connectivity index (χ4n) is 5.31. The fraction of sp³-hybridized carbons (Fsp3) is 0.152. The summed E-state index contributed by atoms with van der Waals surface area (Å²) in [5.41, 5.74) is 12.0. The van der Waals surface area contributed by atoms with Gasteiger partial charge in [-0.2, -0.15) is 0 Å². The number of benzene rings is 3. The normalized spacial score (nSPS) is 11.4. The highest BCUT2D eigenvalue weighted by Gasteiger charge is 2.15. The Bertz CT molecular complexity index is 1670. The van der Waals surface area contributed by atoms with Gasteiger partial charge in [0, 0.05) is 33.8 Å². The molecule has 3 heteroatoms. The van der Waals surface area contributed by atoms with Crippen LogP contribution in [0.4, 0.5) is 0 Å². The molecule has 3 nitrogen and oxygen atoms in total. The highest BCUT2D eigenvalue weighted by Crippen LogP contribution is 2.35. The highest BCUT2D eigenvalue weighted by molar-refractivity contribution is 6.08. The van der Waals surface area contributed by atoms with Crippen LogP contribution in [-0.2, 0) is 12.8 Å². The first-order valence-corrected chi connectivity index (χ1v) is 12.5. The minimum Gasteiger partial charge on any atom is -0.437 e. The second-order valence-electron chi connectivity index (χ2n) is 9.63. The molecule has 0 saturated carbocycles. The molecule has 36 heavy (non-hydrogen) atoms. The van der Waals surface area contributed by atoms with Crippen molar-refractivity contribution in [2.45, 2.75) is 33.6 Å². The Morgan fingerprint density at radius 3 is 2.28 bits per heavy atom. The van der Waals surface area contributed by atoms with Gasteiger partial charge < -0.3 is 4.42 Å². The molecule has 3 aromatic carbocycles. The average molecular weight is 469 g/mol. The third kappa shape index (κ3) is 4.07. The van der Waals surface area contributed by atoms with Gasteiger partial charge in [0.25, 0.3) is 0 Å². The van der Waals surface area contributed by atoms with E-state index in [1.165, 1.54) is 27.8 Å². The van der Waals surface area contributed by atoms with Gasteiger partial charge in [-0.25, -0.2) is 4.98 Å². The molecule has 0 saturated heterocycles. The average Bonchev–Trinajstić information content (AvgIpc) is 3.26. The van der Waals surface area contributed by atoms with E-state index in [0.29, 0.717) is 5.71 Å². The third-order valence-electron chi connectivity index (χ3n) is 6.94. The van der Waals surface area contributed by atoms with Gasteiger partial charge in [0.15, 0.2) is 0 Å². The first-order valence-electron chi connectivity index (χ1n) is 12.5. The van der Waals surface area contributed by atoms with Crippen molar-refractivity contribution in [3.63, 3.8) is 0 Å². The van der Waals surface area contributed by atoms with Gasteiger partial charge >= 0.3 is 0 Å². The smallest absolute Gasteiger partial charge is 0.227 e. The largest absolute Gasteiger partial charge is 0.437 e. The van der Waals surface area contributed by atoms with Crippen molar-refractivity contribution >= 4 is 22.1 Å². The van der Waals surface area contributed by atoms with Crippen LogP contribution < -0.4 is 0 Å². The molecule has 0 fully saturated rings. The first-order chi connectivity index (χ1) is 17.6. The Hall–Kier alpha value is -4.24. The summed E-state index contributed by atoms with van der Waals surface area (Å²) in [6, 6.07) is 29.7. The van der Waals surface area contributed by atoms with Crippen LogP contribution in [0, 0.1) is 20.8 Å². The van der Waals surface area contributed by atoms with Crippen molar-refractivity contribution < 1.29 is 4.42 Å². The summed E-state index contributed by atoms with van der Waals surface area (Å²) < 4.78 is 6.35. The van der Waals surface area contributed by atoms with Crippen molar-refractivity contribution in [3.8, 4) is 22.4 Å². The number of rotatable bonds is 5. The third-order valence-corrected chi connectivity index (χ3v) is 6.94. The Balaban J connectivity index is 1.35. The van der Waals surface area contributed by atoms with Crippen molar-refractivity contribution in [1.29, 1.82) is 0 Å². The summed E-state index contributed by atoms with van der Waals surface area (Å²) in [5.74, 6) is 0. The van der Waals surface area contributed by atoms with E-state index in [9.17, 15) is 0 Å². The zero-order valence-corrected chi connectivity index (χ0v) is 20.9. The molecule has 3 aromatic heterocycles. The molecule has 0 aliphatic rings. The quantitative estimate of drug-likeness (QED) is 0.255. The molecular formula is C33H28N2O. The van der Waals surface area contributed by atoms with E-state index < -0.39 is 0 Å². The molecule has 0 amide bonds. The summed E-state index contributed by atoms with van der Waals surface area (Å²) >= 11 is 0. The molecule has 0 radical (unpaired) electrons. The fourth-order valence-corrected chi connectivity index (χ4v) is 5.31. The molecular weight excluding hydrogens is 440 g/mol. The monoisotopic (exact) mass is 468 g/mol. The van der Waals surface area contributed by atoms with Crippen molar-refractivity contribution in [1.82, 2.24) is 9.97 Å². The Labute approximate surface area is 211 Å². The van der Waals surface area contributed by atoms with Crippen LogP contribution >= 0.6 is 0 Å². The first kappa shape index (κ1) is 22.2. The lowest BCUT2D eigenvalue weighted by molar-refractivity contribution is 0.651. The highest BCUT2D eigenvalue weighted by atomic mass is 16.3. The maximum atomic E-state index is 6.35. The number of aromatic nitrogens is 2. The van der Waals surface area contributed by atoms with Crippen LogP contribution in [0.25, 0.3) is 44.5 Å².